The van der Waals surface area contributed by atoms with Crippen LogP contribution in [0.3, 0.4) is 0 Å². The Morgan fingerprint density at radius 2 is 2.09 bits per heavy atom. The van der Waals surface area contributed by atoms with E-state index in [0.29, 0.717) is 24.7 Å². The highest BCUT2D eigenvalue weighted by molar-refractivity contribution is 5.78. The lowest BCUT2D eigenvalue weighted by atomic mass is 10.2. The Hall–Kier alpha value is -2.14. The smallest absolute Gasteiger partial charge is 0.234 e. The molecule has 1 aromatic carbocycles. The van der Waals surface area contributed by atoms with E-state index in [1.807, 2.05) is 17.0 Å². The van der Waals surface area contributed by atoms with Gasteiger partial charge >= 0.3 is 0 Å². The fourth-order valence-electron chi connectivity index (χ4n) is 2.44. The molecule has 5 heteroatoms. The molecule has 116 valence electrons. The monoisotopic (exact) mass is 302 g/mol. The molecule has 4 nitrogen and oxygen atoms in total. The Morgan fingerprint density at radius 1 is 1.27 bits per heavy atom. The minimum absolute atomic E-state index is 0.0698. The van der Waals surface area contributed by atoms with E-state index < -0.39 is 0 Å². The third-order valence-electron chi connectivity index (χ3n) is 3.78. The highest BCUT2D eigenvalue weighted by Gasteiger charge is 2.30. The summed E-state index contributed by atoms with van der Waals surface area (Å²) in [7, 11) is 0. The molecule has 1 heterocycles. The number of carbonyl (C=O) groups is 1. The van der Waals surface area contributed by atoms with Gasteiger partial charge in [-0.2, -0.15) is 0 Å². The van der Waals surface area contributed by atoms with Crippen molar-refractivity contribution in [2.24, 2.45) is 0 Å². The first-order chi connectivity index (χ1) is 10.7. The summed E-state index contributed by atoms with van der Waals surface area (Å²) in [6.07, 6.45) is 3.72. The zero-order valence-electron chi connectivity index (χ0n) is 12.3. The van der Waals surface area contributed by atoms with Crippen LogP contribution in [0.5, 0.6) is 0 Å². The molecule has 0 aliphatic heterocycles. The van der Waals surface area contributed by atoms with Gasteiger partial charge in [0.25, 0.3) is 0 Å². The Kier molecular flexibility index (Phi) is 4.53. The van der Waals surface area contributed by atoms with Gasteiger partial charge in [0.1, 0.15) is 11.6 Å². The molecule has 0 saturated heterocycles. The first kappa shape index (κ1) is 14.8. The molecule has 1 saturated carbocycles. The standard InChI is InChI=1S/C17H19FN2O2/c18-16-6-2-1-4-13(16)11-20(14-7-8-14)12-17(21)19-10-15-5-3-9-22-15/h1-6,9,14H,7-8,10-12H2,(H,19,21). The van der Waals surface area contributed by atoms with Gasteiger partial charge in [0.05, 0.1) is 19.4 Å². The minimum Gasteiger partial charge on any atom is -0.467 e. The van der Waals surface area contributed by atoms with Crippen LogP contribution < -0.4 is 5.32 Å². The van der Waals surface area contributed by atoms with E-state index in [0.717, 1.165) is 18.6 Å². The molecule has 1 aliphatic rings. The van der Waals surface area contributed by atoms with E-state index in [1.54, 1.807) is 24.5 Å². The van der Waals surface area contributed by atoms with Crippen molar-refractivity contribution in [1.29, 1.82) is 0 Å². The Morgan fingerprint density at radius 3 is 2.77 bits per heavy atom. The van der Waals surface area contributed by atoms with Gasteiger partial charge in [0, 0.05) is 18.2 Å². The number of carbonyl (C=O) groups excluding carboxylic acids is 1. The molecular formula is C17H19FN2O2. The van der Waals surface area contributed by atoms with Crippen molar-refractivity contribution in [1.82, 2.24) is 10.2 Å². The third kappa shape index (κ3) is 3.95. The van der Waals surface area contributed by atoms with Crippen LogP contribution in [0.2, 0.25) is 0 Å². The molecular weight excluding hydrogens is 283 g/mol. The predicted octanol–water partition coefficient (Wildman–Crippen LogP) is 2.70. The second-order valence-electron chi connectivity index (χ2n) is 5.58. The van der Waals surface area contributed by atoms with E-state index in [4.69, 9.17) is 4.42 Å². The SMILES string of the molecule is O=C(CN(Cc1ccccc1F)C1CC1)NCc1ccco1. The Bertz CT molecular complexity index is 623. The summed E-state index contributed by atoms with van der Waals surface area (Å²) in [5.41, 5.74) is 0.633. The predicted molar refractivity (Wildman–Crippen MR) is 80.4 cm³/mol. The molecule has 0 unspecified atom stereocenters. The van der Waals surface area contributed by atoms with E-state index in [-0.39, 0.29) is 18.3 Å². The first-order valence-electron chi connectivity index (χ1n) is 7.49. The maximum atomic E-state index is 13.8. The zero-order chi connectivity index (χ0) is 15.4. The van der Waals surface area contributed by atoms with Gasteiger partial charge in [-0.3, -0.25) is 9.69 Å². The fourth-order valence-corrected chi connectivity index (χ4v) is 2.44. The number of hydrogen-bond donors (Lipinski definition) is 1. The number of rotatable bonds is 7. The summed E-state index contributed by atoms with van der Waals surface area (Å²) in [6.45, 7) is 1.12. The van der Waals surface area contributed by atoms with Crippen LogP contribution in [0, 0.1) is 5.82 Å². The van der Waals surface area contributed by atoms with E-state index >= 15 is 0 Å². The van der Waals surface area contributed by atoms with Crippen LogP contribution in [0.4, 0.5) is 4.39 Å². The average molecular weight is 302 g/mol. The summed E-state index contributed by atoms with van der Waals surface area (Å²) in [4.78, 5) is 14.1. The van der Waals surface area contributed by atoms with Gasteiger partial charge in [0.2, 0.25) is 5.91 Å². The van der Waals surface area contributed by atoms with Crippen LogP contribution in [-0.2, 0) is 17.9 Å². The largest absolute Gasteiger partial charge is 0.467 e. The fraction of sp³-hybridized carbons (Fsp3) is 0.353. The molecule has 0 radical (unpaired) electrons. The van der Waals surface area contributed by atoms with Gasteiger partial charge in [-0.15, -0.1) is 0 Å². The zero-order valence-corrected chi connectivity index (χ0v) is 12.3. The van der Waals surface area contributed by atoms with Crippen molar-refractivity contribution < 1.29 is 13.6 Å². The van der Waals surface area contributed by atoms with Gasteiger partial charge in [-0.05, 0) is 31.0 Å². The van der Waals surface area contributed by atoms with Gasteiger partial charge in [-0.25, -0.2) is 4.39 Å². The Labute approximate surface area is 128 Å². The van der Waals surface area contributed by atoms with Crippen LogP contribution in [-0.4, -0.2) is 23.4 Å². The van der Waals surface area contributed by atoms with E-state index in [9.17, 15) is 9.18 Å². The molecule has 0 atom stereocenters. The van der Waals surface area contributed by atoms with Crippen molar-refractivity contribution in [3.05, 3.63) is 59.8 Å². The quantitative estimate of drug-likeness (QED) is 0.855. The van der Waals surface area contributed by atoms with Gasteiger partial charge in [0.15, 0.2) is 0 Å². The number of benzene rings is 1. The number of hydrogen-bond acceptors (Lipinski definition) is 3. The lowest BCUT2D eigenvalue weighted by Crippen LogP contribution is -2.38. The van der Waals surface area contributed by atoms with Crippen molar-refractivity contribution in [2.75, 3.05) is 6.54 Å². The third-order valence-corrected chi connectivity index (χ3v) is 3.78. The van der Waals surface area contributed by atoms with Gasteiger partial charge in [-0.1, -0.05) is 18.2 Å². The van der Waals surface area contributed by atoms with Crippen LogP contribution in [0.1, 0.15) is 24.2 Å². The summed E-state index contributed by atoms with van der Waals surface area (Å²) in [5.74, 6) is 0.434. The van der Waals surface area contributed by atoms with Crippen molar-refractivity contribution in [2.45, 2.75) is 32.0 Å². The summed E-state index contributed by atoms with van der Waals surface area (Å²) in [5, 5.41) is 2.83. The van der Waals surface area contributed by atoms with Gasteiger partial charge < -0.3 is 9.73 Å². The second-order valence-corrected chi connectivity index (χ2v) is 5.58. The van der Waals surface area contributed by atoms with Crippen molar-refractivity contribution >= 4 is 5.91 Å². The molecule has 1 amide bonds. The van der Waals surface area contributed by atoms with Crippen LogP contribution in [0.15, 0.2) is 47.1 Å². The number of nitrogens with zero attached hydrogens (tertiary/aromatic N) is 1. The summed E-state index contributed by atoms with van der Waals surface area (Å²) < 4.78 is 18.9. The lowest BCUT2D eigenvalue weighted by molar-refractivity contribution is -0.122. The number of furan rings is 1. The van der Waals surface area contributed by atoms with E-state index in [1.165, 1.54) is 6.07 Å². The van der Waals surface area contributed by atoms with Crippen LogP contribution in [0.25, 0.3) is 0 Å². The average Bonchev–Trinajstić information content (AvgIpc) is 3.23. The molecule has 1 fully saturated rings. The first-order valence-corrected chi connectivity index (χ1v) is 7.49. The number of nitrogens with one attached hydrogen (secondary N) is 1. The summed E-state index contributed by atoms with van der Waals surface area (Å²) in [6, 6.07) is 10.7. The number of amides is 1. The van der Waals surface area contributed by atoms with E-state index in [2.05, 4.69) is 5.32 Å². The molecule has 0 spiro atoms. The molecule has 1 aromatic heterocycles. The molecule has 2 aromatic rings. The van der Waals surface area contributed by atoms with Crippen molar-refractivity contribution in [3.63, 3.8) is 0 Å². The molecule has 3 rings (SSSR count). The Balaban J connectivity index is 1.55. The summed E-state index contributed by atoms with van der Waals surface area (Å²) >= 11 is 0. The lowest BCUT2D eigenvalue weighted by Gasteiger charge is -2.21. The number of halogens is 1. The normalized spacial score (nSPS) is 14.3. The molecule has 1 aliphatic carbocycles. The molecule has 0 bridgehead atoms. The van der Waals surface area contributed by atoms with Crippen LogP contribution >= 0.6 is 0 Å². The van der Waals surface area contributed by atoms with Crippen molar-refractivity contribution in [3.8, 4) is 0 Å². The maximum Gasteiger partial charge on any atom is 0.234 e. The molecule has 22 heavy (non-hydrogen) atoms. The minimum atomic E-state index is -0.218. The highest BCUT2D eigenvalue weighted by atomic mass is 19.1. The highest BCUT2D eigenvalue weighted by Crippen LogP contribution is 2.28. The topological polar surface area (TPSA) is 45.5 Å². The second kappa shape index (κ2) is 6.75. The maximum absolute atomic E-state index is 13.8. The molecule has 1 N–H and O–H groups in total.